The number of rotatable bonds is 3. The highest BCUT2D eigenvalue weighted by molar-refractivity contribution is 5.90. The molecule has 104 valence electrons. The molecule has 3 rings (SSSR count). The molecule has 0 unspecified atom stereocenters. The number of aryl methyl sites for hydroxylation is 1. The number of fused-ring (bicyclic) bond motifs is 1. The fraction of sp³-hybridized carbons (Fsp3) is 0.286. The van der Waals surface area contributed by atoms with Gasteiger partial charge in [-0.3, -0.25) is 4.68 Å². The maximum absolute atomic E-state index is 11.2. The van der Waals surface area contributed by atoms with Crippen LogP contribution < -0.4 is 9.47 Å². The van der Waals surface area contributed by atoms with Gasteiger partial charge in [0.2, 0.25) is 6.79 Å². The second-order valence-electron chi connectivity index (χ2n) is 4.70. The molecule has 6 heteroatoms. The number of ether oxygens (including phenoxy) is 2. The van der Waals surface area contributed by atoms with Crippen LogP contribution in [-0.4, -0.2) is 27.6 Å². The minimum absolute atomic E-state index is 0.238. The highest BCUT2D eigenvalue weighted by Gasteiger charge is 2.18. The van der Waals surface area contributed by atoms with E-state index in [4.69, 9.17) is 14.6 Å². The molecule has 0 spiro atoms. The van der Waals surface area contributed by atoms with Crippen LogP contribution in [0.1, 0.15) is 27.3 Å². The van der Waals surface area contributed by atoms with Crippen LogP contribution in [0.25, 0.3) is 0 Å². The van der Waals surface area contributed by atoms with Crippen molar-refractivity contribution in [3.05, 3.63) is 40.7 Å². The Hall–Kier alpha value is -2.50. The standard InChI is InChI=1S/C14H14N2O4/c1-8-13(14(17)18)9(2)16(15-8)6-10-3-4-11-12(5-10)20-7-19-11/h3-5H,6-7H2,1-2H3,(H,17,18). The molecule has 1 N–H and O–H groups in total. The number of aromatic carboxylic acids is 1. The third-order valence-corrected chi connectivity index (χ3v) is 3.36. The van der Waals surface area contributed by atoms with Gasteiger partial charge in [0.25, 0.3) is 0 Å². The summed E-state index contributed by atoms with van der Waals surface area (Å²) in [6.45, 7) is 4.20. The van der Waals surface area contributed by atoms with Gasteiger partial charge in [-0.1, -0.05) is 6.07 Å². The highest BCUT2D eigenvalue weighted by Crippen LogP contribution is 2.32. The van der Waals surface area contributed by atoms with Crippen LogP contribution >= 0.6 is 0 Å². The number of hydrogen-bond acceptors (Lipinski definition) is 4. The quantitative estimate of drug-likeness (QED) is 0.926. The van der Waals surface area contributed by atoms with E-state index in [1.54, 1.807) is 18.5 Å². The highest BCUT2D eigenvalue weighted by atomic mass is 16.7. The van der Waals surface area contributed by atoms with E-state index in [1.807, 2.05) is 18.2 Å². The molecule has 1 aliphatic heterocycles. The molecule has 1 aromatic heterocycles. The first-order valence-electron chi connectivity index (χ1n) is 6.22. The van der Waals surface area contributed by atoms with Crippen molar-refractivity contribution in [1.82, 2.24) is 9.78 Å². The van der Waals surface area contributed by atoms with Crippen LogP contribution in [0.15, 0.2) is 18.2 Å². The average Bonchev–Trinajstić information content (AvgIpc) is 2.94. The summed E-state index contributed by atoms with van der Waals surface area (Å²) in [4.78, 5) is 11.2. The SMILES string of the molecule is Cc1nn(Cc2ccc3c(c2)OCO3)c(C)c1C(=O)O. The molecular weight excluding hydrogens is 260 g/mol. The van der Waals surface area contributed by atoms with Crippen LogP contribution in [0.2, 0.25) is 0 Å². The Morgan fingerprint density at radius 2 is 2.10 bits per heavy atom. The molecular formula is C14H14N2O4. The lowest BCUT2D eigenvalue weighted by Crippen LogP contribution is -2.05. The normalized spacial score (nSPS) is 12.7. The molecule has 0 saturated heterocycles. The topological polar surface area (TPSA) is 73.6 Å². The first kappa shape index (κ1) is 12.5. The van der Waals surface area contributed by atoms with Crippen molar-refractivity contribution in [1.29, 1.82) is 0 Å². The van der Waals surface area contributed by atoms with E-state index >= 15 is 0 Å². The second kappa shape index (κ2) is 4.56. The number of carboxylic acid groups (broad SMARTS) is 1. The van der Waals surface area contributed by atoms with E-state index in [0.717, 1.165) is 11.3 Å². The number of carbonyl (C=O) groups is 1. The molecule has 20 heavy (non-hydrogen) atoms. The van der Waals surface area contributed by atoms with Crippen LogP contribution in [0.3, 0.4) is 0 Å². The van der Waals surface area contributed by atoms with E-state index in [1.165, 1.54) is 0 Å². The van der Waals surface area contributed by atoms with Gasteiger partial charge in [-0.15, -0.1) is 0 Å². The summed E-state index contributed by atoms with van der Waals surface area (Å²) >= 11 is 0. The minimum Gasteiger partial charge on any atom is -0.478 e. The number of carboxylic acids is 1. The molecule has 0 radical (unpaired) electrons. The average molecular weight is 274 g/mol. The summed E-state index contributed by atoms with van der Waals surface area (Å²) in [5.41, 5.74) is 2.42. The molecule has 1 aliphatic rings. The molecule has 0 amide bonds. The zero-order valence-corrected chi connectivity index (χ0v) is 11.2. The van der Waals surface area contributed by atoms with Crippen LogP contribution in [-0.2, 0) is 6.54 Å². The largest absolute Gasteiger partial charge is 0.478 e. The zero-order chi connectivity index (χ0) is 14.3. The van der Waals surface area contributed by atoms with Gasteiger partial charge in [0.05, 0.1) is 17.9 Å². The van der Waals surface area contributed by atoms with Crippen LogP contribution in [0.4, 0.5) is 0 Å². The molecule has 0 fully saturated rings. The molecule has 1 aromatic carbocycles. The maximum Gasteiger partial charge on any atom is 0.339 e. The molecule has 0 bridgehead atoms. The second-order valence-corrected chi connectivity index (χ2v) is 4.70. The predicted molar refractivity (Wildman–Crippen MR) is 70.3 cm³/mol. The summed E-state index contributed by atoms with van der Waals surface area (Å²) in [6, 6.07) is 5.66. The third-order valence-electron chi connectivity index (χ3n) is 3.36. The molecule has 0 atom stereocenters. The van der Waals surface area contributed by atoms with Gasteiger partial charge < -0.3 is 14.6 Å². The lowest BCUT2D eigenvalue weighted by molar-refractivity contribution is 0.0695. The van der Waals surface area contributed by atoms with E-state index < -0.39 is 5.97 Å². The fourth-order valence-corrected chi connectivity index (χ4v) is 2.37. The smallest absolute Gasteiger partial charge is 0.339 e. The van der Waals surface area contributed by atoms with Gasteiger partial charge in [-0.25, -0.2) is 4.79 Å². The van der Waals surface area contributed by atoms with Crippen LogP contribution in [0.5, 0.6) is 11.5 Å². The fourth-order valence-electron chi connectivity index (χ4n) is 2.37. The molecule has 0 aliphatic carbocycles. The Bertz CT molecular complexity index is 691. The van der Waals surface area contributed by atoms with Gasteiger partial charge in [-0.05, 0) is 31.5 Å². The summed E-state index contributed by atoms with van der Waals surface area (Å²) in [5, 5.41) is 13.4. The monoisotopic (exact) mass is 274 g/mol. The number of nitrogens with zero attached hydrogens (tertiary/aromatic N) is 2. The minimum atomic E-state index is -0.947. The third kappa shape index (κ3) is 1.99. The molecule has 2 heterocycles. The van der Waals surface area contributed by atoms with E-state index in [0.29, 0.717) is 23.7 Å². The van der Waals surface area contributed by atoms with Crippen LogP contribution in [0, 0.1) is 13.8 Å². The zero-order valence-electron chi connectivity index (χ0n) is 11.2. The van der Waals surface area contributed by atoms with E-state index in [9.17, 15) is 4.79 Å². The Labute approximate surface area is 115 Å². The Balaban J connectivity index is 1.92. The Morgan fingerprint density at radius 3 is 2.80 bits per heavy atom. The molecule has 0 saturated carbocycles. The predicted octanol–water partition coefficient (Wildman–Crippen LogP) is 1.98. The van der Waals surface area contributed by atoms with Gasteiger partial charge in [0.15, 0.2) is 11.5 Å². The van der Waals surface area contributed by atoms with Crippen molar-refractivity contribution in [2.75, 3.05) is 6.79 Å². The van der Waals surface area contributed by atoms with E-state index in [2.05, 4.69) is 5.10 Å². The Morgan fingerprint density at radius 1 is 1.35 bits per heavy atom. The summed E-state index contributed by atoms with van der Waals surface area (Å²) in [5.74, 6) is 0.493. The summed E-state index contributed by atoms with van der Waals surface area (Å²) in [6.07, 6.45) is 0. The van der Waals surface area contributed by atoms with Crippen molar-refractivity contribution >= 4 is 5.97 Å². The van der Waals surface area contributed by atoms with Crippen molar-refractivity contribution in [2.45, 2.75) is 20.4 Å². The lowest BCUT2D eigenvalue weighted by Gasteiger charge is -2.06. The van der Waals surface area contributed by atoms with Gasteiger partial charge in [0, 0.05) is 0 Å². The Kier molecular flexibility index (Phi) is 2.85. The lowest BCUT2D eigenvalue weighted by atomic mass is 10.2. The van der Waals surface area contributed by atoms with Crippen molar-refractivity contribution in [3.63, 3.8) is 0 Å². The number of hydrogen-bond donors (Lipinski definition) is 1. The van der Waals surface area contributed by atoms with Gasteiger partial charge in [-0.2, -0.15) is 5.10 Å². The summed E-state index contributed by atoms with van der Waals surface area (Å²) < 4.78 is 12.3. The molecule has 6 nitrogen and oxygen atoms in total. The van der Waals surface area contributed by atoms with Gasteiger partial charge >= 0.3 is 5.97 Å². The van der Waals surface area contributed by atoms with Crippen molar-refractivity contribution in [2.24, 2.45) is 0 Å². The summed E-state index contributed by atoms with van der Waals surface area (Å²) in [7, 11) is 0. The number of benzene rings is 1. The first-order chi connectivity index (χ1) is 9.56. The van der Waals surface area contributed by atoms with Crippen molar-refractivity contribution < 1.29 is 19.4 Å². The van der Waals surface area contributed by atoms with Gasteiger partial charge in [0.1, 0.15) is 5.56 Å². The van der Waals surface area contributed by atoms with Crippen molar-refractivity contribution in [3.8, 4) is 11.5 Å². The first-order valence-corrected chi connectivity index (χ1v) is 6.22. The molecule has 2 aromatic rings. The maximum atomic E-state index is 11.2. The number of aromatic nitrogens is 2. The van der Waals surface area contributed by atoms with E-state index in [-0.39, 0.29) is 12.4 Å².